The SMILES string of the molecule is CCc1cccc2c(C(=O)O)cc(-c3ccnn3CC)nc12. The van der Waals surface area contributed by atoms with Crippen molar-refractivity contribution in [3.63, 3.8) is 0 Å². The van der Waals surface area contributed by atoms with E-state index in [2.05, 4.69) is 5.10 Å². The van der Waals surface area contributed by atoms with E-state index in [4.69, 9.17) is 4.98 Å². The predicted molar refractivity (Wildman–Crippen MR) is 85.0 cm³/mol. The number of hydrogen-bond acceptors (Lipinski definition) is 3. The van der Waals surface area contributed by atoms with Crippen LogP contribution in [0.3, 0.4) is 0 Å². The molecule has 2 aromatic heterocycles. The summed E-state index contributed by atoms with van der Waals surface area (Å²) in [5.41, 5.74) is 3.55. The van der Waals surface area contributed by atoms with E-state index in [0.717, 1.165) is 23.2 Å². The van der Waals surface area contributed by atoms with E-state index in [0.29, 0.717) is 17.6 Å². The summed E-state index contributed by atoms with van der Waals surface area (Å²) in [6.45, 7) is 4.74. The van der Waals surface area contributed by atoms with Crippen molar-refractivity contribution in [2.24, 2.45) is 0 Å². The molecule has 0 fully saturated rings. The molecule has 0 aliphatic carbocycles. The van der Waals surface area contributed by atoms with Gasteiger partial charge in [-0.3, -0.25) is 4.68 Å². The van der Waals surface area contributed by atoms with E-state index in [-0.39, 0.29) is 5.56 Å². The maximum atomic E-state index is 11.6. The first-order valence-corrected chi connectivity index (χ1v) is 7.33. The summed E-state index contributed by atoms with van der Waals surface area (Å²) in [7, 11) is 0. The van der Waals surface area contributed by atoms with Crippen molar-refractivity contribution in [3.8, 4) is 11.4 Å². The zero-order valence-corrected chi connectivity index (χ0v) is 12.6. The van der Waals surface area contributed by atoms with Crippen molar-refractivity contribution < 1.29 is 9.90 Å². The Morgan fingerprint density at radius 3 is 2.77 bits per heavy atom. The number of rotatable bonds is 4. The predicted octanol–water partition coefficient (Wildman–Crippen LogP) is 3.38. The monoisotopic (exact) mass is 295 g/mol. The largest absolute Gasteiger partial charge is 0.478 e. The van der Waals surface area contributed by atoms with Crippen LogP contribution in [0, 0.1) is 0 Å². The van der Waals surface area contributed by atoms with E-state index in [9.17, 15) is 9.90 Å². The fourth-order valence-corrected chi connectivity index (χ4v) is 2.70. The van der Waals surface area contributed by atoms with Gasteiger partial charge in [0, 0.05) is 18.1 Å². The second kappa shape index (κ2) is 5.60. The number of pyridine rings is 1. The first kappa shape index (κ1) is 14.3. The maximum Gasteiger partial charge on any atom is 0.336 e. The van der Waals surface area contributed by atoms with E-state index < -0.39 is 5.97 Å². The van der Waals surface area contributed by atoms with Crippen LogP contribution in [0.5, 0.6) is 0 Å². The van der Waals surface area contributed by atoms with Gasteiger partial charge in [0.25, 0.3) is 0 Å². The van der Waals surface area contributed by atoms with Crippen LogP contribution in [0.15, 0.2) is 36.5 Å². The number of fused-ring (bicyclic) bond motifs is 1. The Balaban J connectivity index is 2.35. The van der Waals surface area contributed by atoms with E-state index >= 15 is 0 Å². The third kappa shape index (κ3) is 2.24. The molecule has 0 aliphatic heterocycles. The van der Waals surface area contributed by atoms with Crippen molar-refractivity contribution in [1.82, 2.24) is 14.8 Å². The molecule has 0 unspecified atom stereocenters. The highest BCUT2D eigenvalue weighted by Crippen LogP contribution is 2.27. The van der Waals surface area contributed by atoms with Gasteiger partial charge in [0.1, 0.15) is 0 Å². The molecule has 3 aromatic rings. The molecule has 0 atom stereocenters. The molecule has 22 heavy (non-hydrogen) atoms. The molecule has 5 nitrogen and oxygen atoms in total. The number of aromatic nitrogens is 3. The number of nitrogens with zero attached hydrogens (tertiary/aromatic N) is 3. The second-order valence-electron chi connectivity index (χ2n) is 5.06. The summed E-state index contributed by atoms with van der Waals surface area (Å²) in [6, 6.07) is 9.17. The van der Waals surface area contributed by atoms with Gasteiger partial charge < -0.3 is 5.11 Å². The van der Waals surface area contributed by atoms with Crippen LogP contribution in [0.1, 0.15) is 29.8 Å². The molecule has 0 saturated carbocycles. The van der Waals surface area contributed by atoms with Crippen molar-refractivity contribution >= 4 is 16.9 Å². The average molecular weight is 295 g/mol. The Kier molecular flexibility index (Phi) is 3.63. The molecule has 5 heteroatoms. The minimum absolute atomic E-state index is 0.277. The third-order valence-electron chi connectivity index (χ3n) is 3.81. The number of aryl methyl sites for hydroxylation is 2. The van der Waals surface area contributed by atoms with Crippen LogP contribution in [0.2, 0.25) is 0 Å². The highest BCUT2D eigenvalue weighted by Gasteiger charge is 2.16. The summed E-state index contributed by atoms with van der Waals surface area (Å²) in [4.78, 5) is 16.4. The lowest BCUT2D eigenvalue weighted by Crippen LogP contribution is -2.04. The van der Waals surface area contributed by atoms with Gasteiger partial charge in [0.05, 0.1) is 22.5 Å². The number of benzene rings is 1. The molecule has 0 bridgehead atoms. The van der Waals surface area contributed by atoms with Gasteiger partial charge in [-0.15, -0.1) is 0 Å². The number of carboxylic acid groups (broad SMARTS) is 1. The van der Waals surface area contributed by atoms with Gasteiger partial charge in [0.15, 0.2) is 0 Å². The van der Waals surface area contributed by atoms with Crippen LogP contribution in [-0.2, 0) is 13.0 Å². The van der Waals surface area contributed by atoms with Gasteiger partial charge >= 0.3 is 5.97 Å². The molecule has 0 aliphatic rings. The van der Waals surface area contributed by atoms with Gasteiger partial charge in [-0.05, 0) is 31.0 Å². The molecular weight excluding hydrogens is 278 g/mol. The van der Waals surface area contributed by atoms with Gasteiger partial charge in [-0.1, -0.05) is 25.1 Å². The van der Waals surface area contributed by atoms with Crippen molar-refractivity contribution in [1.29, 1.82) is 0 Å². The Morgan fingerprint density at radius 1 is 1.27 bits per heavy atom. The lowest BCUT2D eigenvalue weighted by atomic mass is 10.0. The number of para-hydroxylation sites is 1. The smallest absolute Gasteiger partial charge is 0.336 e. The molecule has 1 N–H and O–H groups in total. The summed E-state index contributed by atoms with van der Waals surface area (Å²) in [5, 5.41) is 14.5. The molecule has 0 amide bonds. The van der Waals surface area contributed by atoms with Gasteiger partial charge in [-0.2, -0.15) is 5.10 Å². The summed E-state index contributed by atoms with van der Waals surface area (Å²) < 4.78 is 1.81. The standard InChI is InChI=1S/C17H17N3O2/c1-3-11-6-5-7-12-13(17(21)22)10-14(19-16(11)12)15-8-9-18-20(15)4-2/h5-10H,3-4H2,1-2H3,(H,21,22). The number of hydrogen-bond donors (Lipinski definition) is 1. The number of carboxylic acids is 1. The zero-order valence-electron chi connectivity index (χ0n) is 12.6. The van der Waals surface area contributed by atoms with Gasteiger partial charge in [0.2, 0.25) is 0 Å². The minimum atomic E-state index is -0.940. The van der Waals surface area contributed by atoms with E-state index in [1.165, 1.54) is 0 Å². The fraction of sp³-hybridized carbons (Fsp3) is 0.235. The van der Waals surface area contributed by atoms with Crippen LogP contribution >= 0.6 is 0 Å². The quantitative estimate of drug-likeness (QED) is 0.801. The lowest BCUT2D eigenvalue weighted by molar-refractivity contribution is 0.0699. The average Bonchev–Trinajstić information content (AvgIpc) is 3.01. The highest BCUT2D eigenvalue weighted by atomic mass is 16.4. The second-order valence-corrected chi connectivity index (χ2v) is 5.06. The molecule has 112 valence electrons. The summed E-state index contributed by atoms with van der Waals surface area (Å²) in [6.07, 6.45) is 2.51. The molecule has 0 spiro atoms. The topological polar surface area (TPSA) is 68.0 Å². The van der Waals surface area contributed by atoms with Crippen LogP contribution < -0.4 is 0 Å². The first-order chi connectivity index (χ1) is 10.7. The lowest BCUT2D eigenvalue weighted by Gasteiger charge is -2.10. The van der Waals surface area contributed by atoms with Crippen LogP contribution in [0.4, 0.5) is 0 Å². The zero-order chi connectivity index (χ0) is 15.7. The molecular formula is C17H17N3O2. The molecule has 2 heterocycles. The molecule has 0 radical (unpaired) electrons. The maximum absolute atomic E-state index is 11.6. The highest BCUT2D eigenvalue weighted by molar-refractivity contribution is 6.04. The molecule has 0 saturated heterocycles. The third-order valence-corrected chi connectivity index (χ3v) is 3.81. The minimum Gasteiger partial charge on any atom is -0.478 e. The fourth-order valence-electron chi connectivity index (χ4n) is 2.70. The first-order valence-electron chi connectivity index (χ1n) is 7.33. The van der Waals surface area contributed by atoms with Crippen molar-refractivity contribution in [2.75, 3.05) is 0 Å². The normalized spacial score (nSPS) is 11.0. The van der Waals surface area contributed by atoms with E-state index in [1.807, 2.05) is 42.8 Å². The Morgan fingerprint density at radius 2 is 2.09 bits per heavy atom. The summed E-state index contributed by atoms with van der Waals surface area (Å²) in [5.74, 6) is -0.940. The molecule has 1 aromatic carbocycles. The van der Waals surface area contributed by atoms with Crippen LogP contribution in [-0.4, -0.2) is 25.8 Å². The van der Waals surface area contributed by atoms with Crippen LogP contribution in [0.25, 0.3) is 22.3 Å². The van der Waals surface area contributed by atoms with Gasteiger partial charge in [-0.25, -0.2) is 9.78 Å². The summed E-state index contributed by atoms with van der Waals surface area (Å²) >= 11 is 0. The number of carbonyl (C=O) groups is 1. The Bertz CT molecular complexity index is 852. The number of aromatic carboxylic acids is 1. The van der Waals surface area contributed by atoms with Crippen molar-refractivity contribution in [3.05, 3.63) is 47.7 Å². The Hall–Kier alpha value is -2.69. The Labute approximate surface area is 128 Å². The van der Waals surface area contributed by atoms with Crippen molar-refractivity contribution in [2.45, 2.75) is 26.8 Å². The van der Waals surface area contributed by atoms with E-state index in [1.54, 1.807) is 12.3 Å². The molecule has 3 rings (SSSR count).